The van der Waals surface area contributed by atoms with Gasteiger partial charge in [0.15, 0.2) is 0 Å². The Morgan fingerprint density at radius 2 is 2.14 bits per heavy atom. The highest BCUT2D eigenvalue weighted by Crippen LogP contribution is 2.25. The van der Waals surface area contributed by atoms with Crippen LogP contribution in [0.5, 0.6) is 11.8 Å². The normalized spacial score (nSPS) is 12.0. The number of nitrogens with two attached hydrogens (primary N) is 1. The van der Waals surface area contributed by atoms with Crippen LogP contribution in [0.3, 0.4) is 0 Å². The molecule has 7 heteroatoms. The summed E-state index contributed by atoms with van der Waals surface area (Å²) in [6.07, 6.45) is 1.93. The average molecular weight is 292 g/mol. The molecule has 0 fully saturated rings. The van der Waals surface area contributed by atoms with Crippen molar-refractivity contribution in [1.82, 2.24) is 15.4 Å². The zero-order valence-electron chi connectivity index (χ0n) is 11.8. The molecule has 1 unspecified atom stereocenters. The molecule has 1 atom stereocenters. The molecule has 1 aromatic heterocycles. The van der Waals surface area contributed by atoms with Gasteiger partial charge in [0.2, 0.25) is 11.8 Å². The third-order valence-electron chi connectivity index (χ3n) is 3.01. The number of halogens is 1. The summed E-state index contributed by atoms with van der Waals surface area (Å²) < 4.78 is 23.5. The molecule has 0 saturated heterocycles. The van der Waals surface area contributed by atoms with Crippen LogP contribution in [-0.2, 0) is 6.42 Å². The van der Waals surface area contributed by atoms with E-state index >= 15 is 0 Å². The number of nitrogens with one attached hydrogen (secondary N) is 1. The van der Waals surface area contributed by atoms with E-state index in [9.17, 15) is 4.39 Å². The number of hydrogen-bond donors (Lipinski definition) is 2. The van der Waals surface area contributed by atoms with E-state index in [0.29, 0.717) is 23.9 Å². The summed E-state index contributed by atoms with van der Waals surface area (Å²) in [6.45, 7) is 0. The molecule has 1 aromatic carbocycles. The second-order valence-corrected chi connectivity index (χ2v) is 4.36. The number of hydrogen-bond acceptors (Lipinski definition) is 6. The fourth-order valence-electron chi connectivity index (χ4n) is 1.99. The van der Waals surface area contributed by atoms with E-state index in [4.69, 9.17) is 15.3 Å². The van der Waals surface area contributed by atoms with Crippen LogP contribution in [0.25, 0.3) is 0 Å². The maximum atomic E-state index is 13.2. The SMILES string of the molecule is COc1cnc(C(Cc2cccc(F)c2)NN)c(OC)n1. The van der Waals surface area contributed by atoms with Gasteiger partial charge in [0.05, 0.1) is 26.5 Å². The minimum absolute atomic E-state index is 0.295. The van der Waals surface area contributed by atoms with Crippen molar-refractivity contribution in [1.29, 1.82) is 0 Å². The van der Waals surface area contributed by atoms with Crippen molar-refractivity contribution < 1.29 is 13.9 Å². The first-order valence-corrected chi connectivity index (χ1v) is 6.33. The molecular formula is C14H17FN4O2. The molecule has 0 aliphatic heterocycles. The van der Waals surface area contributed by atoms with E-state index in [1.165, 1.54) is 32.5 Å². The standard InChI is InChI=1S/C14H17FN4O2/c1-20-12-8-17-13(14(18-12)21-2)11(19-16)7-9-4-3-5-10(15)6-9/h3-6,8,11,19H,7,16H2,1-2H3. The van der Waals surface area contributed by atoms with E-state index < -0.39 is 0 Å². The van der Waals surface area contributed by atoms with Gasteiger partial charge in [-0.25, -0.2) is 9.37 Å². The van der Waals surface area contributed by atoms with Crippen LogP contribution in [0.2, 0.25) is 0 Å². The number of rotatable bonds is 6. The van der Waals surface area contributed by atoms with Gasteiger partial charge < -0.3 is 9.47 Å². The molecule has 0 saturated carbocycles. The molecular weight excluding hydrogens is 275 g/mol. The van der Waals surface area contributed by atoms with Crippen LogP contribution in [0.15, 0.2) is 30.5 Å². The first-order valence-electron chi connectivity index (χ1n) is 6.33. The smallest absolute Gasteiger partial charge is 0.240 e. The van der Waals surface area contributed by atoms with Crippen LogP contribution < -0.4 is 20.7 Å². The zero-order chi connectivity index (χ0) is 15.2. The highest BCUT2D eigenvalue weighted by atomic mass is 19.1. The summed E-state index contributed by atoms with van der Waals surface area (Å²) in [7, 11) is 2.98. The number of ether oxygens (including phenoxy) is 2. The highest BCUT2D eigenvalue weighted by Gasteiger charge is 2.19. The summed E-state index contributed by atoms with van der Waals surface area (Å²) in [4.78, 5) is 8.42. The van der Waals surface area contributed by atoms with Gasteiger partial charge in [0.25, 0.3) is 0 Å². The first-order chi connectivity index (χ1) is 10.2. The van der Waals surface area contributed by atoms with E-state index in [1.807, 2.05) is 6.07 Å². The van der Waals surface area contributed by atoms with E-state index in [0.717, 1.165) is 5.56 Å². The number of methoxy groups -OCH3 is 2. The fourth-order valence-corrected chi connectivity index (χ4v) is 1.99. The molecule has 21 heavy (non-hydrogen) atoms. The molecule has 3 N–H and O–H groups in total. The van der Waals surface area contributed by atoms with Gasteiger partial charge in [-0.2, -0.15) is 4.98 Å². The predicted molar refractivity (Wildman–Crippen MR) is 75.3 cm³/mol. The van der Waals surface area contributed by atoms with Gasteiger partial charge >= 0.3 is 0 Å². The number of aromatic nitrogens is 2. The Bertz CT molecular complexity index is 609. The van der Waals surface area contributed by atoms with Crippen molar-refractivity contribution in [2.45, 2.75) is 12.5 Å². The molecule has 2 aromatic rings. The Balaban J connectivity index is 2.28. The molecule has 2 rings (SSSR count). The molecule has 0 bridgehead atoms. The lowest BCUT2D eigenvalue weighted by Crippen LogP contribution is -2.30. The van der Waals surface area contributed by atoms with Crippen LogP contribution in [-0.4, -0.2) is 24.2 Å². The second kappa shape index (κ2) is 6.96. The Labute approximate surface area is 122 Å². The summed E-state index contributed by atoms with van der Waals surface area (Å²) >= 11 is 0. The topological polar surface area (TPSA) is 82.3 Å². The molecule has 0 amide bonds. The molecule has 0 spiro atoms. The molecule has 6 nitrogen and oxygen atoms in total. The van der Waals surface area contributed by atoms with Crippen molar-refractivity contribution in [3.8, 4) is 11.8 Å². The summed E-state index contributed by atoms with van der Waals surface area (Å²) in [5.41, 5.74) is 3.97. The van der Waals surface area contributed by atoms with E-state index in [1.54, 1.807) is 6.07 Å². The minimum atomic E-state index is -0.361. The Hall–Kier alpha value is -2.25. The predicted octanol–water partition coefficient (Wildman–Crippen LogP) is 1.38. The van der Waals surface area contributed by atoms with E-state index in [-0.39, 0.29) is 11.9 Å². The van der Waals surface area contributed by atoms with Gasteiger partial charge in [-0.1, -0.05) is 12.1 Å². The van der Waals surface area contributed by atoms with Gasteiger partial charge in [-0.3, -0.25) is 11.3 Å². The highest BCUT2D eigenvalue weighted by molar-refractivity contribution is 5.28. The molecule has 0 aliphatic rings. The lowest BCUT2D eigenvalue weighted by atomic mass is 10.0. The fraction of sp³-hybridized carbons (Fsp3) is 0.286. The number of nitrogens with zero attached hydrogens (tertiary/aromatic N) is 2. The van der Waals surface area contributed by atoms with Crippen molar-refractivity contribution in [2.24, 2.45) is 5.84 Å². The molecule has 0 radical (unpaired) electrons. The molecule has 1 heterocycles. The van der Waals surface area contributed by atoms with Crippen LogP contribution in [0.4, 0.5) is 4.39 Å². The summed E-state index contributed by atoms with van der Waals surface area (Å²) in [6, 6.07) is 5.95. The zero-order valence-corrected chi connectivity index (χ0v) is 11.8. The number of hydrazine groups is 1. The monoisotopic (exact) mass is 292 g/mol. The second-order valence-electron chi connectivity index (χ2n) is 4.36. The lowest BCUT2D eigenvalue weighted by Gasteiger charge is -2.17. The van der Waals surface area contributed by atoms with Crippen molar-refractivity contribution in [2.75, 3.05) is 14.2 Å². The number of benzene rings is 1. The van der Waals surface area contributed by atoms with Gasteiger partial charge in [-0.05, 0) is 24.1 Å². The molecule has 0 aliphatic carbocycles. The van der Waals surface area contributed by atoms with Crippen molar-refractivity contribution in [3.05, 3.63) is 47.5 Å². The van der Waals surface area contributed by atoms with Crippen LogP contribution >= 0.6 is 0 Å². The van der Waals surface area contributed by atoms with Gasteiger partial charge in [-0.15, -0.1) is 0 Å². The third kappa shape index (κ3) is 3.65. The average Bonchev–Trinajstić information content (AvgIpc) is 2.52. The van der Waals surface area contributed by atoms with Crippen molar-refractivity contribution in [3.63, 3.8) is 0 Å². The third-order valence-corrected chi connectivity index (χ3v) is 3.01. The Morgan fingerprint density at radius 1 is 1.33 bits per heavy atom. The quantitative estimate of drug-likeness (QED) is 0.618. The summed E-state index contributed by atoms with van der Waals surface area (Å²) in [5, 5.41) is 0. The maximum absolute atomic E-state index is 13.2. The van der Waals surface area contributed by atoms with E-state index in [2.05, 4.69) is 15.4 Å². The summed E-state index contributed by atoms with van der Waals surface area (Å²) in [5.74, 6) is 5.95. The van der Waals surface area contributed by atoms with Gasteiger partial charge in [0, 0.05) is 0 Å². The van der Waals surface area contributed by atoms with Gasteiger partial charge in [0.1, 0.15) is 11.5 Å². The first kappa shape index (κ1) is 15.1. The Morgan fingerprint density at radius 3 is 2.76 bits per heavy atom. The molecule has 112 valence electrons. The minimum Gasteiger partial charge on any atom is -0.480 e. The maximum Gasteiger partial charge on any atom is 0.240 e. The van der Waals surface area contributed by atoms with Crippen molar-refractivity contribution >= 4 is 0 Å². The van der Waals surface area contributed by atoms with Crippen LogP contribution in [0.1, 0.15) is 17.3 Å². The van der Waals surface area contributed by atoms with Crippen LogP contribution in [0, 0.1) is 5.82 Å². The lowest BCUT2D eigenvalue weighted by molar-refractivity contribution is 0.349. The Kier molecular flexibility index (Phi) is 5.02. The largest absolute Gasteiger partial charge is 0.480 e.